The van der Waals surface area contributed by atoms with Crippen molar-refractivity contribution in [3.8, 4) is 0 Å². The van der Waals surface area contributed by atoms with Gasteiger partial charge in [0.1, 0.15) is 0 Å². The van der Waals surface area contributed by atoms with Crippen LogP contribution in [0.5, 0.6) is 0 Å². The van der Waals surface area contributed by atoms with Crippen molar-refractivity contribution in [3.63, 3.8) is 0 Å². The maximum Gasteiger partial charge on any atom is 0.307 e. The molecule has 0 aromatic carbocycles. The fourth-order valence-corrected chi connectivity index (χ4v) is 4.94. The Balaban J connectivity index is 2.56. The minimum absolute atomic E-state index is 0.121. The van der Waals surface area contributed by atoms with Gasteiger partial charge in [-0.25, -0.2) is 0 Å². The number of aliphatic carboxylic acids is 4. The van der Waals surface area contributed by atoms with Gasteiger partial charge in [-0.1, -0.05) is 20.8 Å². The van der Waals surface area contributed by atoms with E-state index in [0.717, 1.165) is 0 Å². The zero-order valence-electron chi connectivity index (χ0n) is 13.7. The summed E-state index contributed by atoms with van der Waals surface area (Å²) in [7, 11) is 0. The van der Waals surface area contributed by atoms with Crippen LogP contribution in [-0.4, -0.2) is 44.3 Å². The third-order valence-electron chi connectivity index (χ3n) is 5.69. The molecule has 24 heavy (non-hydrogen) atoms. The second kappa shape index (κ2) is 5.75. The van der Waals surface area contributed by atoms with E-state index in [0.29, 0.717) is 0 Å². The number of fused-ring (bicyclic) bond motifs is 1. The maximum absolute atomic E-state index is 11.8. The molecular formula is C16H22O8. The highest BCUT2D eigenvalue weighted by molar-refractivity contribution is 5.85. The zero-order chi connectivity index (χ0) is 18.6. The number of carboxylic acid groups (broad SMARTS) is 4. The summed E-state index contributed by atoms with van der Waals surface area (Å²) >= 11 is 0. The lowest BCUT2D eigenvalue weighted by Crippen LogP contribution is -2.65. The van der Waals surface area contributed by atoms with Crippen molar-refractivity contribution < 1.29 is 39.6 Å². The van der Waals surface area contributed by atoms with E-state index in [1.54, 1.807) is 20.8 Å². The molecule has 8 heteroatoms. The number of carboxylic acids is 4. The van der Waals surface area contributed by atoms with Gasteiger partial charge >= 0.3 is 23.9 Å². The van der Waals surface area contributed by atoms with E-state index >= 15 is 0 Å². The molecule has 0 spiro atoms. The van der Waals surface area contributed by atoms with Gasteiger partial charge in [-0.3, -0.25) is 19.2 Å². The number of rotatable bonds is 4. The van der Waals surface area contributed by atoms with Gasteiger partial charge in [-0.15, -0.1) is 0 Å². The highest BCUT2D eigenvalue weighted by atomic mass is 16.4. The third kappa shape index (κ3) is 2.63. The van der Waals surface area contributed by atoms with Gasteiger partial charge < -0.3 is 20.4 Å². The summed E-state index contributed by atoms with van der Waals surface area (Å²) in [5, 5.41) is 37.8. The van der Waals surface area contributed by atoms with E-state index in [9.17, 15) is 39.6 Å². The van der Waals surface area contributed by atoms with Crippen LogP contribution >= 0.6 is 0 Å². The lowest BCUT2D eigenvalue weighted by atomic mass is 9.41. The van der Waals surface area contributed by atoms with Crippen molar-refractivity contribution in [2.24, 2.45) is 46.8 Å². The van der Waals surface area contributed by atoms with Crippen LogP contribution in [0.1, 0.15) is 27.2 Å². The third-order valence-corrected chi connectivity index (χ3v) is 5.69. The first-order chi connectivity index (χ1) is 10.9. The molecule has 4 N–H and O–H groups in total. The lowest BCUT2D eigenvalue weighted by Gasteiger charge is -2.60. The Hall–Kier alpha value is -2.12. The monoisotopic (exact) mass is 342 g/mol. The highest BCUT2D eigenvalue weighted by Crippen LogP contribution is 2.63. The minimum Gasteiger partial charge on any atom is -0.481 e. The van der Waals surface area contributed by atoms with Crippen molar-refractivity contribution in [2.45, 2.75) is 27.2 Å². The van der Waals surface area contributed by atoms with Crippen LogP contribution in [0.2, 0.25) is 0 Å². The molecule has 2 saturated carbocycles. The van der Waals surface area contributed by atoms with E-state index in [2.05, 4.69) is 0 Å². The van der Waals surface area contributed by atoms with Gasteiger partial charge in [0.05, 0.1) is 23.7 Å². The number of hydrogen-bond donors (Lipinski definition) is 4. The molecule has 7 atom stereocenters. The number of carbonyl (C=O) groups is 4. The Labute approximate surface area is 138 Å². The topological polar surface area (TPSA) is 149 Å². The summed E-state index contributed by atoms with van der Waals surface area (Å²) in [6.45, 7) is 5.21. The highest BCUT2D eigenvalue weighted by Gasteiger charge is 2.67. The van der Waals surface area contributed by atoms with Crippen molar-refractivity contribution in [3.05, 3.63) is 0 Å². The van der Waals surface area contributed by atoms with E-state index in [1.165, 1.54) is 0 Å². The molecule has 0 bridgehead atoms. The van der Waals surface area contributed by atoms with Gasteiger partial charge in [0.2, 0.25) is 0 Å². The van der Waals surface area contributed by atoms with Gasteiger partial charge in [0, 0.05) is 0 Å². The Morgan fingerprint density at radius 2 is 1.21 bits per heavy atom. The molecule has 2 aliphatic rings. The van der Waals surface area contributed by atoms with E-state index < -0.39 is 70.7 Å². The predicted molar refractivity (Wildman–Crippen MR) is 79.0 cm³/mol. The molecule has 0 amide bonds. The normalized spacial score (nSPS) is 38.5. The molecule has 0 radical (unpaired) electrons. The summed E-state index contributed by atoms with van der Waals surface area (Å²) in [5.74, 6) is -11.9. The molecule has 0 saturated heterocycles. The van der Waals surface area contributed by atoms with Crippen LogP contribution in [0.25, 0.3) is 0 Å². The molecule has 0 aromatic heterocycles. The Kier molecular flexibility index (Phi) is 4.37. The van der Waals surface area contributed by atoms with Gasteiger partial charge in [0.25, 0.3) is 0 Å². The largest absolute Gasteiger partial charge is 0.481 e. The summed E-state index contributed by atoms with van der Waals surface area (Å²) in [6.07, 6.45) is -0.121. The molecule has 134 valence electrons. The van der Waals surface area contributed by atoms with E-state index in [-0.39, 0.29) is 6.42 Å². The van der Waals surface area contributed by atoms with E-state index in [4.69, 9.17) is 0 Å². The van der Waals surface area contributed by atoms with Crippen molar-refractivity contribution >= 4 is 23.9 Å². The van der Waals surface area contributed by atoms with Crippen molar-refractivity contribution in [2.75, 3.05) is 0 Å². The average Bonchev–Trinajstić information content (AvgIpc) is 2.35. The summed E-state index contributed by atoms with van der Waals surface area (Å²) < 4.78 is 0. The molecule has 2 rings (SSSR count). The maximum atomic E-state index is 11.8. The first-order valence-electron chi connectivity index (χ1n) is 7.80. The molecule has 0 heterocycles. The molecule has 0 aromatic rings. The number of hydrogen-bond acceptors (Lipinski definition) is 4. The van der Waals surface area contributed by atoms with Crippen LogP contribution in [0.15, 0.2) is 0 Å². The van der Waals surface area contributed by atoms with Crippen molar-refractivity contribution in [1.82, 2.24) is 0 Å². The molecule has 8 nitrogen and oxygen atoms in total. The van der Waals surface area contributed by atoms with Gasteiger partial charge in [-0.05, 0) is 29.6 Å². The smallest absolute Gasteiger partial charge is 0.307 e. The first kappa shape index (κ1) is 18.2. The predicted octanol–water partition coefficient (Wildman–Crippen LogP) is 1.10. The van der Waals surface area contributed by atoms with Crippen LogP contribution in [0, 0.1) is 46.8 Å². The second-order valence-electron chi connectivity index (χ2n) is 7.91. The molecule has 0 aliphatic heterocycles. The fraction of sp³-hybridized carbons (Fsp3) is 0.750. The Morgan fingerprint density at radius 1 is 0.750 bits per heavy atom. The van der Waals surface area contributed by atoms with Crippen LogP contribution in [0.4, 0.5) is 0 Å². The van der Waals surface area contributed by atoms with Gasteiger partial charge in [0.15, 0.2) is 0 Å². The molecular weight excluding hydrogens is 320 g/mol. The summed E-state index contributed by atoms with van der Waals surface area (Å²) in [4.78, 5) is 46.4. The summed E-state index contributed by atoms with van der Waals surface area (Å²) in [5.41, 5.74) is -0.669. The average molecular weight is 342 g/mol. The Morgan fingerprint density at radius 3 is 1.54 bits per heavy atom. The standard InChI is InChI=1S/C16H22O8/c1-16(2,3)11-7-5(8(13(19)20)10(7)15(23)24)4-6(12(17)18)9(11)14(21)22/h5-11H,4H2,1-3H3,(H,17,18)(H,19,20)(H,21,22)(H,23,24). The lowest BCUT2D eigenvalue weighted by molar-refractivity contribution is -0.208. The van der Waals surface area contributed by atoms with Crippen molar-refractivity contribution in [1.29, 1.82) is 0 Å². The van der Waals surface area contributed by atoms with Crippen LogP contribution in [-0.2, 0) is 19.2 Å². The zero-order valence-corrected chi connectivity index (χ0v) is 13.7. The molecule has 2 fully saturated rings. The molecule has 2 aliphatic carbocycles. The van der Waals surface area contributed by atoms with Crippen LogP contribution in [0.3, 0.4) is 0 Å². The first-order valence-corrected chi connectivity index (χ1v) is 7.80. The Bertz CT molecular complexity index is 577. The van der Waals surface area contributed by atoms with E-state index in [1.807, 2.05) is 0 Å². The second-order valence-corrected chi connectivity index (χ2v) is 7.91. The fourth-order valence-electron chi connectivity index (χ4n) is 4.94. The quantitative estimate of drug-likeness (QED) is 0.593. The van der Waals surface area contributed by atoms with Gasteiger partial charge in [-0.2, -0.15) is 0 Å². The molecule has 7 unspecified atom stereocenters. The summed E-state index contributed by atoms with van der Waals surface area (Å²) in [6, 6.07) is 0. The minimum atomic E-state index is -1.28. The SMILES string of the molecule is CC(C)(C)C1C(C(=O)O)C(C(=O)O)CC2C(C(=O)O)C(C(=O)O)C21. The van der Waals surface area contributed by atoms with Crippen LogP contribution < -0.4 is 0 Å².